The number of anilines is 1. The van der Waals surface area contributed by atoms with Gasteiger partial charge in [0.1, 0.15) is 0 Å². The van der Waals surface area contributed by atoms with Crippen LogP contribution in [0.3, 0.4) is 0 Å². The van der Waals surface area contributed by atoms with E-state index in [4.69, 9.17) is 11.5 Å². The fraction of sp³-hybridized carbons (Fsp3) is 0.600. The normalized spacial score (nSPS) is 18.1. The van der Waals surface area contributed by atoms with Crippen LogP contribution in [-0.2, 0) is 0 Å². The van der Waals surface area contributed by atoms with Gasteiger partial charge in [0.05, 0.1) is 0 Å². The van der Waals surface area contributed by atoms with Crippen LogP contribution in [0.1, 0.15) is 37.2 Å². The van der Waals surface area contributed by atoms with Gasteiger partial charge in [0.25, 0.3) is 0 Å². The Morgan fingerprint density at radius 3 is 2.61 bits per heavy atom. The summed E-state index contributed by atoms with van der Waals surface area (Å²) >= 11 is 0. The van der Waals surface area contributed by atoms with Crippen molar-refractivity contribution in [3.8, 4) is 0 Å². The van der Waals surface area contributed by atoms with Crippen LogP contribution in [0.4, 0.5) is 5.69 Å². The molecule has 0 aromatic heterocycles. The molecule has 0 spiro atoms. The van der Waals surface area contributed by atoms with Gasteiger partial charge in [-0.25, -0.2) is 0 Å². The molecule has 0 radical (unpaired) electrons. The quantitative estimate of drug-likeness (QED) is 0.619. The van der Waals surface area contributed by atoms with Crippen LogP contribution in [0.25, 0.3) is 0 Å². The van der Waals surface area contributed by atoms with Gasteiger partial charge in [0, 0.05) is 5.69 Å². The van der Waals surface area contributed by atoms with Gasteiger partial charge < -0.3 is 16.4 Å². The molecule has 0 aliphatic carbocycles. The summed E-state index contributed by atoms with van der Waals surface area (Å²) in [5.74, 6) is 0.694. The molecule has 100 valence electrons. The van der Waals surface area contributed by atoms with E-state index in [1.165, 1.54) is 44.5 Å². The van der Waals surface area contributed by atoms with Crippen molar-refractivity contribution in [3.63, 3.8) is 0 Å². The van der Waals surface area contributed by atoms with E-state index in [1.54, 1.807) is 0 Å². The summed E-state index contributed by atoms with van der Waals surface area (Å²) in [5, 5.41) is 0. The number of hydrogen-bond donors (Lipinski definition) is 2. The van der Waals surface area contributed by atoms with Gasteiger partial charge in [-0.1, -0.05) is 12.1 Å². The van der Waals surface area contributed by atoms with Crippen molar-refractivity contribution in [1.29, 1.82) is 0 Å². The van der Waals surface area contributed by atoms with E-state index in [2.05, 4.69) is 23.1 Å². The summed E-state index contributed by atoms with van der Waals surface area (Å²) in [6.45, 7) is 4.45. The van der Waals surface area contributed by atoms with E-state index in [0.717, 1.165) is 18.7 Å². The van der Waals surface area contributed by atoms with Crippen molar-refractivity contribution in [2.24, 2.45) is 5.73 Å². The van der Waals surface area contributed by atoms with E-state index in [1.807, 2.05) is 6.07 Å². The highest BCUT2D eigenvalue weighted by Gasteiger charge is 2.20. The Kier molecular flexibility index (Phi) is 5.02. The molecular formula is C15H25N3. The third-order valence-electron chi connectivity index (χ3n) is 3.90. The summed E-state index contributed by atoms with van der Waals surface area (Å²) in [6, 6.07) is 8.38. The molecule has 1 heterocycles. The number of hydrogen-bond acceptors (Lipinski definition) is 3. The Bertz CT molecular complexity index is 357. The zero-order valence-corrected chi connectivity index (χ0v) is 11.1. The maximum atomic E-state index is 5.85. The molecule has 1 aliphatic heterocycles. The molecule has 1 aliphatic rings. The van der Waals surface area contributed by atoms with Crippen LogP contribution in [0, 0.1) is 0 Å². The average molecular weight is 247 g/mol. The van der Waals surface area contributed by atoms with E-state index >= 15 is 0 Å². The van der Waals surface area contributed by atoms with Crippen LogP contribution in [0.2, 0.25) is 0 Å². The van der Waals surface area contributed by atoms with E-state index in [-0.39, 0.29) is 0 Å². The second-order valence-electron chi connectivity index (χ2n) is 5.28. The molecule has 0 bridgehead atoms. The van der Waals surface area contributed by atoms with E-state index < -0.39 is 0 Å². The molecule has 3 nitrogen and oxygen atoms in total. The third-order valence-corrected chi connectivity index (χ3v) is 3.90. The topological polar surface area (TPSA) is 55.3 Å². The number of nitrogens with two attached hydrogens (primary N) is 2. The molecule has 1 fully saturated rings. The number of nitrogen functional groups attached to an aromatic ring is 1. The van der Waals surface area contributed by atoms with Gasteiger partial charge >= 0.3 is 0 Å². The molecule has 0 unspecified atom stereocenters. The molecule has 0 atom stereocenters. The summed E-state index contributed by atoms with van der Waals surface area (Å²) in [4.78, 5) is 2.57. The molecule has 0 amide bonds. The molecule has 4 N–H and O–H groups in total. The van der Waals surface area contributed by atoms with E-state index in [0.29, 0.717) is 5.92 Å². The van der Waals surface area contributed by atoms with Gasteiger partial charge in [-0.2, -0.15) is 0 Å². The monoisotopic (exact) mass is 247 g/mol. The molecule has 1 aromatic rings. The summed E-state index contributed by atoms with van der Waals surface area (Å²) in [5.41, 5.74) is 13.7. The lowest BCUT2D eigenvalue weighted by Gasteiger charge is -2.32. The van der Waals surface area contributed by atoms with Crippen molar-refractivity contribution in [2.75, 3.05) is 31.9 Å². The first-order valence-electron chi connectivity index (χ1n) is 7.07. The van der Waals surface area contributed by atoms with Crippen molar-refractivity contribution < 1.29 is 0 Å². The van der Waals surface area contributed by atoms with Gasteiger partial charge in [-0.15, -0.1) is 0 Å². The van der Waals surface area contributed by atoms with Gasteiger partial charge in [-0.3, -0.25) is 0 Å². The standard InChI is InChI=1S/C15H25N3/c16-8-1-2-9-18-10-6-13(7-11-18)14-4-3-5-15(17)12-14/h3-5,12-13H,1-2,6-11,16-17H2. The SMILES string of the molecule is NCCCCN1CCC(c2cccc(N)c2)CC1. The fourth-order valence-corrected chi connectivity index (χ4v) is 2.78. The minimum absolute atomic E-state index is 0.694. The Labute approximate surface area is 110 Å². The number of rotatable bonds is 5. The van der Waals surface area contributed by atoms with Gasteiger partial charge in [0.2, 0.25) is 0 Å². The first-order valence-corrected chi connectivity index (χ1v) is 7.07. The molecule has 0 saturated carbocycles. The molecule has 1 aromatic carbocycles. The first-order chi connectivity index (χ1) is 8.79. The second-order valence-corrected chi connectivity index (χ2v) is 5.28. The maximum absolute atomic E-state index is 5.85. The second kappa shape index (κ2) is 6.76. The van der Waals surface area contributed by atoms with Crippen molar-refractivity contribution in [2.45, 2.75) is 31.6 Å². The Balaban J connectivity index is 1.79. The number of nitrogens with zero attached hydrogens (tertiary/aromatic N) is 1. The van der Waals surface area contributed by atoms with Gasteiger partial charge in [-0.05, 0) is 75.5 Å². The lowest BCUT2D eigenvalue weighted by atomic mass is 9.89. The molecule has 1 saturated heterocycles. The van der Waals surface area contributed by atoms with Gasteiger partial charge in [0.15, 0.2) is 0 Å². The number of piperidine rings is 1. The summed E-state index contributed by atoms with van der Waals surface area (Å²) in [6.07, 6.45) is 4.90. The molecule has 2 rings (SSSR count). The maximum Gasteiger partial charge on any atom is 0.0316 e. The zero-order valence-electron chi connectivity index (χ0n) is 11.1. The lowest BCUT2D eigenvalue weighted by Crippen LogP contribution is -2.33. The fourth-order valence-electron chi connectivity index (χ4n) is 2.78. The Morgan fingerprint density at radius 1 is 1.17 bits per heavy atom. The first kappa shape index (κ1) is 13.4. The number of benzene rings is 1. The minimum Gasteiger partial charge on any atom is -0.399 e. The van der Waals surface area contributed by atoms with Crippen LogP contribution < -0.4 is 11.5 Å². The highest BCUT2D eigenvalue weighted by atomic mass is 15.1. The highest BCUT2D eigenvalue weighted by Crippen LogP contribution is 2.28. The largest absolute Gasteiger partial charge is 0.399 e. The molecule has 3 heteroatoms. The predicted molar refractivity (Wildman–Crippen MR) is 77.6 cm³/mol. The molecule has 18 heavy (non-hydrogen) atoms. The third kappa shape index (κ3) is 3.72. The average Bonchev–Trinajstić information content (AvgIpc) is 2.40. The summed E-state index contributed by atoms with van der Waals surface area (Å²) in [7, 11) is 0. The number of unbranched alkanes of at least 4 members (excludes halogenated alkanes) is 1. The highest BCUT2D eigenvalue weighted by molar-refractivity contribution is 5.41. The lowest BCUT2D eigenvalue weighted by molar-refractivity contribution is 0.209. The van der Waals surface area contributed by atoms with Crippen LogP contribution in [0.5, 0.6) is 0 Å². The van der Waals surface area contributed by atoms with Crippen molar-refractivity contribution >= 4 is 5.69 Å². The van der Waals surface area contributed by atoms with Crippen molar-refractivity contribution in [1.82, 2.24) is 4.90 Å². The summed E-state index contributed by atoms with van der Waals surface area (Å²) < 4.78 is 0. The molecular weight excluding hydrogens is 222 g/mol. The Morgan fingerprint density at radius 2 is 1.94 bits per heavy atom. The Hall–Kier alpha value is -1.06. The predicted octanol–water partition coefficient (Wildman–Crippen LogP) is 2.19. The minimum atomic E-state index is 0.694. The van der Waals surface area contributed by atoms with Crippen LogP contribution in [-0.4, -0.2) is 31.1 Å². The van der Waals surface area contributed by atoms with E-state index in [9.17, 15) is 0 Å². The number of likely N-dealkylation sites (tertiary alicyclic amines) is 1. The van der Waals surface area contributed by atoms with Crippen LogP contribution in [0.15, 0.2) is 24.3 Å². The van der Waals surface area contributed by atoms with Crippen LogP contribution >= 0.6 is 0 Å². The smallest absolute Gasteiger partial charge is 0.0316 e. The van der Waals surface area contributed by atoms with Crippen molar-refractivity contribution in [3.05, 3.63) is 29.8 Å². The zero-order chi connectivity index (χ0) is 12.8.